The Morgan fingerprint density at radius 3 is 2.15 bits per heavy atom. The molecule has 0 spiro atoms. The maximum absolute atomic E-state index is 13.9. The summed E-state index contributed by atoms with van der Waals surface area (Å²) in [6, 6.07) is 19.9. The van der Waals surface area contributed by atoms with Crippen LogP contribution in [0.15, 0.2) is 78.0 Å². The molecule has 3 aromatic carbocycles. The molecule has 1 atom stereocenters. The van der Waals surface area contributed by atoms with Crippen LogP contribution in [0.1, 0.15) is 18.5 Å². The number of aromatic nitrogens is 3. The first-order valence-electron chi connectivity index (χ1n) is 12.2. The molecular formula is C29H29N5O5. The van der Waals surface area contributed by atoms with E-state index in [9.17, 15) is 4.79 Å². The molecule has 0 aliphatic carbocycles. The van der Waals surface area contributed by atoms with E-state index >= 15 is 0 Å². The lowest BCUT2D eigenvalue weighted by Crippen LogP contribution is -2.31. The number of nitrogens with one attached hydrogen (secondary N) is 2. The number of rotatable bonds is 8. The third-order valence-electron chi connectivity index (χ3n) is 6.49. The molecule has 4 aromatic rings. The average molecular weight is 528 g/mol. The Bertz CT molecular complexity index is 1520. The lowest BCUT2D eigenvalue weighted by Gasteiger charge is -2.29. The van der Waals surface area contributed by atoms with Crippen molar-refractivity contribution in [3.63, 3.8) is 0 Å². The van der Waals surface area contributed by atoms with Crippen LogP contribution < -0.4 is 29.6 Å². The van der Waals surface area contributed by atoms with E-state index in [0.717, 1.165) is 5.56 Å². The highest BCUT2D eigenvalue weighted by atomic mass is 16.5. The van der Waals surface area contributed by atoms with Gasteiger partial charge in [-0.05, 0) is 36.8 Å². The standard InChI is InChI=1S/C29H29N5O5/c1-17-24(28(35)31-20-13-9-10-14-21(20)36-2)25(19-15-22(37-3)26(39-5)23(16-19)38-4)34-29(30-17)32-27(33-34)18-11-7-6-8-12-18/h6-16,25H,1-5H3,(H,31,35)(H,30,32,33). The number of hydrogen-bond acceptors (Lipinski definition) is 8. The highest BCUT2D eigenvalue weighted by Gasteiger charge is 2.36. The molecule has 0 radical (unpaired) electrons. The summed E-state index contributed by atoms with van der Waals surface area (Å²) in [5.74, 6) is 2.60. The van der Waals surface area contributed by atoms with Gasteiger partial charge in [0.25, 0.3) is 5.91 Å². The minimum absolute atomic E-state index is 0.328. The van der Waals surface area contributed by atoms with E-state index < -0.39 is 6.04 Å². The maximum Gasteiger partial charge on any atom is 0.255 e. The second kappa shape index (κ2) is 10.8. The summed E-state index contributed by atoms with van der Waals surface area (Å²) in [7, 11) is 6.20. The molecule has 0 fully saturated rings. The van der Waals surface area contributed by atoms with Gasteiger partial charge >= 0.3 is 0 Å². The van der Waals surface area contributed by atoms with Crippen molar-refractivity contribution in [3.05, 3.63) is 83.6 Å². The van der Waals surface area contributed by atoms with Gasteiger partial charge in [0.15, 0.2) is 17.3 Å². The summed E-state index contributed by atoms with van der Waals surface area (Å²) in [6.07, 6.45) is 0. The number of nitrogens with zero attached hydrogens (tertiary/aromatic N) is 3. The minimum Gasteiger partial charge on any atom is -0.495 e. The second-order valence-corrected chi connectivity index (χ2v) is 8.75. The van der Waals surface area contributed by atoms with Gasteiger partial charge in [0.2, 0.25) is 11.7 Å². The number of hydrogen-bond donors (Lipinski definition) is 2. The highest BCUT2D eigenvalue weighted by molar-refractivity contribution is 6.06. The van der Waals surface area contributed by atoms with Crippen molar-refractivity contribution in [1.29, 1.82) is 0 Å². The molecule has 10 nitrogen and oxygen atoms in total. The molecule has 2 N–H and O–H groups in total. The molecule has 1 aliphatic rings. The molecule has 5 rings (SSSR count). The van der Waals surface area contributed by atoms with Gasteiger partial charge in [0.1, 0.15) is 11.8 Å². The van der Waals surface area contributed by atoms with Gasteiger partial charge in [-0.3, -0.25) is 4.79 Å². The van der Waals surface area contributed by atoms with Gasteiger partial charge in [-0.15, -0.1) is 5.10 Å². The Labute approximate surface area is 226 Å². The first kappa shape index (κ1) is 25.7. The predicted molar refractivity (Wildman–Crippen MR) is 148 cm³/mol. The van der Waals surface area contributed by atoms with Gasteiger partial charge in [0, 0.05) is 11.3 Å². The normalized spacial score (nSPS) is 14.2. The van der Waals surface area contributed by atoms with Gasteiger partial charge in [0.05, 0.1) is 39.7 Å². The molecule has 1 aromatic heterocycles. The van der Waals surface area contributed by atoms with Gasteiger partial charge in [-0.1, -0.05) is 42.5 Å². The lowest BCUT2D eigenvalue weighted by atomic mass is 9.94. The van der Waals surface area contributed by atoms with Gasteiger partial charge < -0.3 is 29.6 Å². The van der Waals surface area contributed by atoms with Crippen LogP contribution in [-0.2, 0) is 4.79 Å². The topological polar surface area (TPSA) is 109 Å². The van der Waals surface area contributed by atoms with E-state index in [1.165, 1.54) is 0 Å². The van der Waals surface area contributed by atoms with Gasteiger partial charge in [-0.2, -0.15) is 4.98 Å². The zero-order valence-electron chi connectivity index (χ0n) is 22.3. The Morgan fingerprint density at radius 2 is 1.51 bits per heavy atom. The van der Waals surface area contributed by atoms with E-state index in [0.29, 0.717) is 57.3 Å². The van der Waals surface area contributed by atoms with Crippen LogP contribution in [-0.4, -0.2) is 49.1 Å². The Hall–Kier alpha value is -4.99. The Morgan fingerprint density at radius 1 is 0.872 bits per heavy atom. The minimum atomic E-state index is -0.672. The molecule has 1 amide bonds. The smallest absolute Gasteiger partial charge is 0.255 e. The van der Waals surface area contributed by atoms with Crippen molar-refractivity contribution in [1.82, 2.24) is 14.8 Å². The molecule has 0 bridgehead atoms. The molecule has 200 valence electrons. The SMILES string of the molecule is COc1ccccc1NC(=O)C1=C(C)Nc2nc(-c3ccccc3)nn2C1c1cc(OC)c(OC)c(OC)c1. The van der Waals surface area contributed by atoms with Crippen LogP contribution in [0.3, 0.4) is 0 Å². The van der Waals surface area contributed by atoms with Crippen LogP contribution >= 0.6 is 0 Å². The van der Waals surface area contributed by atoms with Crippen LogP contribution in [0.25, 0.3) is 11.4 Å². The van der Waals surface area contributed by atoms with E-state index in [1.807, 2.05) is 61.5 Å². The average Bonchev–Trinajstić information content (AvgIpc) is 3.39. The third-order valence-corrected chi connectivity index (χ3v) is 6.49. The zero-order valence-corrected chi connectivity index (χ0v) is 22.3. The summed E-state index contributed by atoms with van der Waals surface area (Å²) in [5.41, 5.74) is 3.15. The maximum atomic E-state index is 13.9. The number of fused-ring (bicyclic) bond motifs is 1. The first-order chi connectivity index (χ1) is 19.0. The molecule has 10 heteroatoms. The molecule has 0 saturated carbocycles. The Kier molecular flexibility index (Phi) is 7.09. The van der Waals surface area contributed by atoms with Crippen LogP contribution in [0, 0.1) is 0 Å². The second-order valence-electron chi connectivity index (χ2n) is 8.75. The first-order valence-corrected chi connectivity index (χ1v) is 12.2. The van der Waals surface area contributed by atoms with Crippen molar-refractivity contribution in [2.24, 2.45) is 0 Å². The van der Waals surface area contributed by atoms with E-state index in [4.69, 9.17) is 29.0 Å². The van der Waals surface area contributed by atoms with Crippen molar-refractivity contribution in [2.75, 3.05) is 39.1 Å². The van der Waals surface area contributed by atoms with Crippen LogP contribution in [0.4, 0.5) is 11.6 Å². The number of benzene rings is 3. The number of anilines is 2. The molecule has 0 saturated heterocycles. The summed E-state index contributed by atoms with van der Waals surface area (Å²) in [4.78, 5) is 18.7. The quantitative estimate of drug-likeness (QED) is 0.333. The van der Waals surface area contributed by atoms with Crippen molar-refractivity contribution < 1.29 is 23.7 Å². The van der Waals surface area contributed by atoms with Crippen molar-refractivity contribution >= 4 is 17.5 Å². The zero-order chi connectivity index (χ0) is 27.5. The van der Waals surface area contributed by atoms with E-state index in [1.54, 1.807) is 45.3 Å². The van der Waals surface area contributed by atoms with E-state index in [-0.39, 0.29) is 5.91 Å². The molecule has 39 heavy (non-hydrogen) atoms. The summed E-state index contributed by atoms with van der Waals surface area (Å²) < 4.78 is 23.9. The predicted octanol–water partition coefficient (Wildman–Crippen LogP) is 4.91. The van der Waals surface area contributed by atoms with Crippen LogP contribution in [0.2, 0.25) is 0 Å². The number of carbonyl (C=O) groups excluding carboxylic acids is 1. The number of para-hydroxylation sites is 2. The lowest BCUT2D eigenvalue weighted by molar-refractivity contribution is -0.113. The number of methoxy groups -OCH3 is 4. The summed E-state index contributed by atoms with van der Waals surface area (Å²) >= 11 is 0. The van der Waals surface area contributed by atoms with Crippen LogP contribution in [0.5, 0.6) is 23.0 Å². The fraction of sp³-hybridized carbons (Fsp3) is 0.207. The van der Waals surface area contributed by atoms with Gasteiger partial charge in [-0.25, -0.2) is 4.68 Å². The molecule has 2 heterocycles. The monoisotopic (exact) mass is 527 g/mol. The fourth-order valence-corrected chi connectivity index (χ4v) is 4.66. The number of ether oxygens (including phenoxy) is 4. The molecular weight excluding hydrogens is 498 g/mol. The summed E-state index contributed by atoms with van der Waals surface area (Å²) in [5, 5.41) is 11.1. The molecule has 1 unspecified atom stereocenters. The molecule has 1 aliphatic heterocycles. The van der Waals surface area contributed by atoms with Crippen molar-refractivity contribution in [3.8, 4) is 34.4 Å². The van der Waals surface area contributed by atoms with E-state index in [2.05, 4.69) is 10.6 Å². The Balaban J connectivity index is 1.67. The van der Waals surface area contributed by atoms with Crippen molar-refractivity contribution in [2.45, 2.75) is 13.0 Å². The third kappa shape index (κ3) is 4.72. The number of allylic oxidation sites excluding steroid dienone is 1. The fourth-order valence-electron chi connectivity index (χ4n) is 4.66. The highest BCUT2D eigenvalue weighted by Crippen LogP contribution is 2.44. The number of carbonyl (C=O) groups is 1. The largest absolute Gasteiger partial charge is 0.495 e. The number of amides is 1. The summed E-state index contributed by atoms with van der Waals surface area (Å²) in [6.45, 7) is 1.84.